The first kappa shape index (κ1) is 23.8. The molecule has 1 saturated heterocycles. The van der Waals surface area contributed by atoms with Gasteiger partial charge in [0.2, 0.25) is 0 Å². The van der Waals surface area contributed by atoms with Crippen LogP contribution in [0.3, 0.4) is 0 Å². The van der Waals surface area contributed by atoms with Gasteiger partial charge in [-0.05, 0) is 44.2 Å². The molecule has 0 saturated carbocycles. The van der Waals surface area contributed by atoms with Gasteiger partial charge in [-0.1, -0.05) is 24.3 Å². The minimum absolute atomic E-state index is 0.0450. The Kier molecular flexibility index (Phi) is 7.41. The van der Waals surface area contributed by atoms with Crippen molar-refractivity contribution in [1.29, 1.82) is 0 Å². The molecule has 2 aliphatic rings. The fourth-order valence-electron chi connectivity index (χ4n) is 4.70. The fraction of sp³-hybridized carbons (Fsp3) is 0.542. The number of amides is 2. The summed E-state index contributed by atoms with van der Waals surface area (Å²) >= 11 is 1.34. The number of thioether (sulfide) groups is 1. The normalized spacial score (nSPS) is 20.7. The number of nitrogens with one attached hydrogen (secondary N) is 1. The molecule has 0 radical (unpaired) electrons. The summed E-state index contributed by atoms with van der Waals surface area (Å²) in [6.45, 7) is 6.96. The average molecular weight is 472 g/mol. The smallest absolute Gasteiger partial charge is 0.318 e. The summed E-state index contributed by atoms with van der Waals surface area (Å²) in [7, 11) is 0. The Bertz CT molecular complexity index is 1040. The zero-order valence-corrected chi connectivity index (χ0v) is 20.2. The van der Waals surface area contributed by atoms with E-state index in [9.17, 15) is 14.7 Å². The third-order valence-electron chi connectivity index (χ3n) is 6.45. The Morgan fingerprint density at radius 1 is 1.30 bits per heavy atom. The number of aliphatic hydroxyl groups is 1. The topological polar surface area (TPSA) is 90.7 Å². The van der Waals surface area contributed by atoms with Gasteiger partial charge < -0.3 is 19.9 Å². The lowest BCUT2D eigenvalue weighted by atomic mass is 10.00. The van der Waals surface area contributed by atoms with E-state index in [1.165, 1.54) is 22.9 Å². The number of β-amino-alcohol motifs (C(OH)–C–C–N with tert-alkyl or cyclic N) is 1. The van der Waals surface area contributed by atoms with Crippen LogP contribution in [0.25, 0.3) is 0 Å². The molecule has 2 atom stereocenters. The van der Waals surface area contributed by atoms with Crippen molar-refractivity contribution in [1.82, 2.24) is 24.7 Å². The van der Waals surface area contributed by atoms with E-state index in [1.54, 1.807) is 35.7 Å². The molecular formula is C24H33N5O3S. The molecule has 3 heterocycles. The number of aryl methyl sites for hydroxylation is 1. The van der Waals surface area contributed by atoms with Crippen molar-refractivity contribution >= 4 is 17.8 Å². The van der Waals surface area contributed by atoms with Gasteiger partial charge in [-0.2, -0.15) is 0 Å². The molecule has 1 fully saturated rings. The maximum atomic E-state index is 12.7. The van der Waals surface area contributed by atoms with Gasteiger partial charge in [-0.25, -0.2) is 4.79 Å². The highest BCUT2D eigenvalue weighted by Gasteiger charge is 2.29. The Hall–Kier alpha value is -2.36. The van der Waals surface area contributed by atoms with Gasteiger partial charge in [0.05, 0.1) is 11.9 Å². The summed E-state index contributed by atoms with van der Waals surface area (Å²) in [5, 5.41) is 13.8. The minimum Gasteiger partial charge on any atom is -0.378 e. The van der Waals surface area contributed by atoms with Gasteiger partial charge in [-0.15, -0.1) is 11.8 Å². The van der Waals surface area contributed by atoms with E-state index in [4.69, 9.17) is 0 Å². The van der Waals surface area contributed by atoms with Gasteiger partial charge in [0.15, 0.2) is 0 Å². The number of hydrogen-bond acceptors (Lipinski definition) is 6. The molecular weight excluding hydrogens is 438 g/mol. The molecule has 9 heteroatoms. The zero-order valence-electron chi connectivity index (χ0n) is 19.4. The number of carbonyl (C=O) groups excluding carboxylic acids is 1. The number of rotatable bonds is 6. The molecule has 1 aromatic carbocycles. The van der Waals surface area contributed by atoms with Crippen LogP contribution in [0.15, 0.2) is 41.5 Å². The van der Waals surface area contributed by atoms with E-state index in [-0.39, 0.29) is 17.6 Å². The standard InChI is InChI=1S/C24H33N5O3S/c1-18-22(30)29(13-10-25-18)21-8-5-11-28(15-21)23(31)26-17-33-24(2,32)16-27-12-9-19-6-3-4-7-20(19)14-27/h3-4,6-7,10,13,21,32H,5,8-9,11-12,14-17H2,1-2H3,(H,26,31)/t21-,24-/m1/s1. The number of carbonyl (C=O) groups is 1. The highest BCUT2D eigenvalue weighted by molar-refractivity contribution is 8.00. The first-order valence-corrected chi connectivity index (χ1v) is 12.5. The van der Waals surface area contributed by atoms with Crippen LogP contribution < -0.4 is 10.9 Å². The molecule has 2 aliphatic heterocycles. The van der Waals surface area contributed by atoms with E-state index in [0.29, 0.717) is 31.2 Å². The first-order valence-electron chi connectivity index (χ1n) is 11.5. The van der Waals surface area contributed by atoms with E-state index < -0.39 is 4.93 Å². The molecule has 2 aromatic rings. The molecule has 0 aliphatic carbocycles. The number of hydrogen-bond donors (Lipinski definition) is 2. The lowest BCUT2D eigenvalue weighted by molar-refractivity contribution is 0.0915. The van der Waals surface area contributed by atoms with E-state index in [1.807, 2.05) is 0 Å². The second kappa shape index (κ2) is 10.3. The predicted octanol–water partition coefficient (Wildman–Crippen LogP) is 2.36. The predicted molar refractivity (Wildman–Crippen MR) is 130 cm³/mol. The number of likely N-dealkylation sites (tertiary alicyclic amines) is 1. The van der Waals surface area contributed by atoms with Crippen LogP contribution in [0.4, 0.5) is 4.79 Å². The van der Waals surface area contributed by atoms with E-state index in [2.05, 4.69) is 39.5 Å². The van der Waals surface area contributed by atoms with E-state index in [0.717, 1.165) is 32.4 Å². The lowest BCUT2D eigenvalue weighted by Gasteiger charge is -2.35. The fourth-order valence-corrected chi connectivity index (χ4v) is 5.48. The van der Waals surface area contributed by atoms with Crippen LogP contribution in [0.2, 0.25) is 0 Å². The van der Waals surface area contributed by atoms with Crippen LogP contribution in [0.1, 0.15) is 42.6 Å². The molecule has 1 aromatic heterocycles. The summed E-state index contributed by atoms with van der Waals surface area (Å²) in [6, 6.07) is 8.25. The van der Waals surface area contributed by atoms with Crippen molar-refractivity contribution in [2.75, 3.05) is 32.1 Å². The van der Waals surface area contributed by atoms with Crippen molar-refractivity contribution in [3.8, 4) is 0 Å². The Labute approximate surface area is 199 Å². The Morgan fingerprint density at radius 3 is 2.91 bits per heavy atom. The van der Waals surface area contributed by atoms with Crippen LogP contribution in [-0.2, 0) is 13.0 Å². The van der Waals surface area contributed by atoms with Crippen molar-refractivity contribution < 1.29 is 9.90 Å². The van der Waals surface area contributed by atoms with Crippen LogP contribution in [0, 0.1) is 6.92 Å². The number of piperidine rings is 1. The molecule has 8 nitrogen and oxygen atoms in total. The molecule has 0 spiro atoms. The van der Waals surface area contributed by atoms with Crippen molar-refractivity contribution in [3.63, 3.8) is 0 Å². The molecule has 0 unspecified atom stereocenters. The number of nitrogens with zero attached hydrogens (tertiary/aromatic N) is 4. The lowest BCUT2D eigenvalue weighted by Crippen LogP contribution is -2.48. The van der Waals surface area contributed by atoms with Gasteiger partial charge >= 0.3 is 6.03 Å². The van der Waals surface area contributed by atoms with Crippen LogP contribution in [0.5, 0.6) is 0 Å². The van der Waals surface area contributed by atoms with Gasteiger partial charge in [-0.3, -0.25) is 14.7 Å². The SMILES string of the molecule is Cc1nccn([C@@H]2CCCN(C(=O)NCS[C@@](C)(O)CN3CCc4ccccc4C3)C2)c1=O. The largest absolute Gasteiger partial charge is 0.378 e. The summed E-state index contributed by atoms with van der Waals surface area (Å²) < 4.78 is 1.69. The summed E-state index contributed by atoms with van der Waals surface area (Å²) in [6.07, 6.45) is 6.02. The highest BCUT2D eigenvalue weighted by atomic mass is 32.2. The number of benzene rings is 1. The molecule has 33 heavy (non-hydrogen) atoms. The van der Waals surface area contributed by atoms with Crippen molar-refractivity contribution in [3.05, 3.63) is 63.8 Å². The quantitative estimate of drug-likeness (QED) is 0.629. The summed E-state index contributed by atoms with van der Waals surface area (Å²) in [5.41, 5.74) is 3.07. The third-order valence-corrected chi connectivity index (χ3v) is 7.49. The summed E-state index contributed by atoms with van der Waals surface area (Å²) in [5.74, 6) is 0.325. The average Bonchev–Trinajstić information content (AvgIpc) is 2.80. The van der Waals surface area contributed by atoms with Crippen molar-refractivity contribution in [2.45, 2.75) is 50.6 Å². The monoisotopic (exact) mass is 471 g/mol. The van der Waals surface area contributed by atoms with E-state index >= 15 is 0 Å². The second-order valence-electron chi connectivity index (χ2n) is 9.14. The van der Waals surface area contributed by atoms with Crippen molar-refractivity contribution in [2.24, 2.45) is 0 Å². The molecule has 2 N–H and O–H groups in total. The summed E-state index contributed by atoms with van der Waals surface area (Å²) in [4.78, 5) is 32.3. The Morgan fingerprint density at radius 2 is 2.09 bits per heavy atom. The van der Waals surface area contributed by atoms with Gasteiger partial charge in [0.25, 0.3) is 5.56 Å². The maximum absolute atomic E-state index is 12.7. The molecule has 2 amide bonds. The second-order valence-corrected chi connectivity index (χ2v) is 10.6. The molecule has 178 valence electrons. The van der Waals surface area contributed by atoms with Crippen LogP contribution >= 0.6 is 11.8 Å². The zero-order chi connectivity index (χ0) is 23.4. The maximum Gasteiger partial charge on any atom is 0.318 e. The number of aromatic nitrogens is 2. The van der Waals surface area contributed by atoms with Crippen LogP contribution in [-0.4, -0.2) is 67.5 Å². The third kappa shape index (κ3) is 5.96. The molecule has 0 bridgehead atoms. The minimum atomic E-state index is -0.966. The first-order chi connectivity index (χ1) is 15.8. The molecule has 4 rings (SSSR count). The number of fused-ring (bicyclic) bond motifs is 1. The number of urea groups is 1. The highest BCUT2D eigenvalue weighted by Crippen LogP contribution is 2.26. The Balaban J connectivity index is 1.25. The van der Waals surface area contributed by atoms with Gasteiger partial charge in [0, 0.05) is 45.1 Å². The van der Waals surface area contributed by atoms with Gasteiger partial charge in [0.1, 0.15) is 10.6 Å².